The van der Waals surface area contributed by atoms with Gasteiger partial charge in [-0.2, -0.15) is 0 Å². The third-order valence-electron chi connectivity index (χ3n) is 5.88. The van der Waals surface area contributed by atoms with Crippen LogP contribution in [0.5, 0.6) is 0 Å². The Hall–Kier alpha value is -2.66. The molecule has 27 heavy (non-hydrogen) atoms. The normalized spacial score (nSPS) is 22.9. The molecule has 5 nitrogen and oxygen atoms in total. The monoisotopic (exact) mass is 361 g/mol. The maximum absolute atomic E-state index is 12.9. The molecule has 6 rings (SSSR count). The molecule has 0 aliphatic carbocycles. The number of piperidine rings is 1. The summed E-state index contributed by atoms with van der Waals surface area (Å²) >= 11 is 0. The summed E-state index contributed by atoms with van der Waals surface area (Å²) < 4.78 is 6.03. The minimum atomic E-state index is 0.125. The fourth-order valence-electron chi connectivity index (χ4n) is 4.53. The number of carbonyl (C=O) groups is 1. The number of aromatic nitrogens is 1. The molecular weight excluding hydrogens is 338 g/mol. The van der Waals surface area contributed by atoms with Gasteiger partial charge in [0.2, 0.25) is 0 Å². The number of amides is 1. The van der Waals surface area contributed by atoms with E-state index in [1.165, 1.54) is 6.42 Å². The summed E-state index contributed by atoms with van der Waals surface area (Å²) in [6.45, 7) is 3.47. The first-order chi connectivity index (χ1) is 13.3. The number of para-hydroxylation sites is 1. The number of rotatable bonds is 3. The van der Waals surface area contributed by atoms with Crippen molar-refractivity contribution in [3.63, 3.8) is 0 Å². The summed E-state index contributed by atoms with van der Waals surface area (Å²) in [5.41, 5.74) is 1.68. The maximum Gasteiger partial charge on any atom is 0.254 e. The highest BCUT2D eigenvalue weighted by Crippen LogP contribution is 2.31. The van der Waals surface area contributed by atoms with Crippen LogP contribution in [-0.2, 0) is 6.54 Å². The van der Waals surface area contributed by atoms with Crippen LogP contribution in [0.25, 0.3) is 11.0 Å². The van der Waals surface area contributed by atoms with E-state index in [0.29, 0.717) is 12.0 Å². The predicted octanol–water partition coefficient (Wildman–Crippen LogP) is 3.56. The Labute approximate surface area is 158 Å². The highest BCUT2D eigenvalue weighted by molar-refractivity contribution is 5.94. The van der Waals surface area contributed by atoms with Crippen LogP contribution in [-0.4, -0.2) is 46.4 Å². The Morgan fingerprint density at radius 2 is 1.93 bits per heavy atom. The molecule has 1 aromatic carbocycles. The lowest BCUT2D eigenvalue weighted by molar-refractivity contribution is 0.0734. The van der Waals surface area contributed by atoms with Gasteiger partial charge in [0.25, 0.3) is 5.91 Å². The Balaban J connectivity index is 1.34. The molecule has 5 heteroatoms. The standard InChI is InChI=1S/C22H23N3O2/c26-22(17-7-9-23-10-8-17)25-13-16-5-6-19(14-25)24(12-16)15-20-11-18-3-1-2-4-21(18)27-20/h1-4,7-11,16,19H,5-6,12-15H2/t16-,19-/m1/s1. The zero-order valence-electron chi connectivity index (χ0n) is 15.3. The van der Waals surface area contributed by atoms with Crippen LogP contribution in [0.4, 0.5) is 0 Å². The van der Waals surface area contributed by atoms with E-state index in [0.717, 1.165) is 54.9 Å². The number of fused-ring (bicyclic) bond motifs is 5. The van der Waals surface area contributed by atoms with Crippen LogP contribution >= 0.6 is 0 Å². The number of benzene rings is 1. The molecule has 0 saturated carbocycles. The van der Waals surface area contributed by atoms with Crippen LogP contribution in [0.1, 0.15) is 29.0 Å². The van der Waals surface area contributed by atoms with Gasteiger partial charge in [0, 0.05) is 49.0 Å². The van der Waals surface area contributed by atoms with Gasteiger partial charge in [-0.25, -0.2) is 0 Å². The molecule has 3 saturated heterocycles. The quantitative estimate of drug-likeness (QED) is 0.716. The summed E-state index contributed by atoms with van der Waals surface area (Å²) in [5, 5.41) is 1.15. The number of carbonyl (C=O) groups excluding carboxylic acids is 1. The molecule has 0 radical (unpaired) electrons. The van der Waals surface area contributed by atoms with Gasteiger partial charge in [0.05, 0.1) is 6.54 Å². The third-order valence-corrected chi connectivity index (χ3v) is 5.88. The van der Waals surface area contributed by atoms with E-state index in [2.05, 4.69) is 22.0 Å². The van der Waals surface area contributed by atoms with Crippen molar-refractivity contribution in [2.24, 2.45) is 5.92 Å². The fourth-order valence-corrected chi connectivity index (χ4v) is 4.53. The van der Waals surface area contributed by atoms with E-state index in [1.54, 1.807) is 24.5 Å². The summed E-state index contributed by atoms with van der Waals surface area (Å²) in [4.78, 5) is 21.5. The minimum Gasteiger partial charge on any atom is -0.460 e. The highest BCUT2D eigenvalue weighted by atomic mass is 16.3. The zero-order valence-corrected chi connectivity index (χ0v) is 15.3. The second kappa shape index (κ2) is 6.82. The summed E-state index contributed by atoms with van der Waals surface area (Å²) in [5.74, 6) is 1.66. The largest absolute Gasteiger partial charge is 0.460 e. The Morgan fingerprint density at radius 1 is 1.07 bits per heavy atom. The second-order valence-electron chi connectivity index (χ2n) is 7.72. The van der Waals surface area contributed by atoms with Crippen LogP contribution in [0.3, 0.4) is 0 Å². The van der Waals surface area contributed by atoms with Gasteiger partial charge < -0.3 is 9.32 Å². The lowest BCUT2D eigenvalue weighted by atomic mass is 9.95. The Bertz CT molecular complexity index is 919. The zero-order chi connectivity index (χ0) is 18.2. The molecule has 0 N–H and O–H groups in total. The lowest BCUT2D eigenvalue weighted by Gasteiger charge is -2.35. The van der Waals surface area contributed by atoms with E-state index < -0.39 is 0 Å². The van der Waals surface area contributed by atoms with Crippen LogP contribution < -0.4 is 0 Å². The molecule has 2 bridgehead atoms. The first-order valence-corrected chi connectivity index (χ1v) is 9.67. The molecule has 0 unspecified atom stereocenters. The maximum atomic E-state index is 12.9. The average Bonchev–Trinajstić information content (AvgIpc) is 2.89. The van der Waals surface area contributed by atoms with Crippen LogP contribution in [0.2, 0.25) is 0 Å². The number of furan rings is 1. The molecule has 2 atom stereocenters. The van der Waals surface area contributed by atoms with Crippen LogP contribution in [0.15, 0.2) is 59.3 Å². The second-order valence-corrected chi connectivity index (χ2v) is 7.72. The average molecular weight is 361 g/mol. The van der Waals surface area contributed by atoms with Gasteiger partial charge in [-0.3, -0.25) is 14.7 Å². The summed E-state index contributed by atoms with van der Waals surface area (Å²) in [6.07, 6.45) is 5.72. The van der Waals surface area contributed by atoms with Crippen molar-refractivity contribution in [2.45, 2.75) is 25.4 Å². The minimum absolute atomic E-state index is 0.125. The van der Waals surface area contributed by atoms with Gasteiger partial charge in [0.1, 0.15) is 11.3 Å². The van der Waals surface area contributed by atoms with E-state index in [1.807, 2.05) is 23.1 Å². The summed E-state index contributed by atoms with van der Waals surface area (Å²) in [7, 11) is 0. The van der Waals surface area contributed by atoms with Crippen molar-refractivity contribution in [3.8, 4) is 0 Å². The first kappa shape index (κ1) is 16.5. The van der Waals surface area contributed by atoms with Gasteiger partial charge in [-0.15, -0.1) is 0 Å². The topological polar surface area (TPSA) is 49.6 Å². The van der Waals surface area contributed by atoms with Crippen molar-refractivity contribution < 1.29 is 9.21 Å². The van der Waals surface area contributed by atoms with Crippen molar-refractivity contribution in [1.82, 2.24) is 14.8 Å². The number of pyridine rings is 1. The lowest BCUT2D eigenvalue weighted by Crippen LogP contribution is -2.43. The summed E-state index contributed by atoms with van der Waals surface area (Å²) in [6, 6.07) is 14.3. The van der Waals surface area contributed by atoms with Crippen molar-refractivity contribution in [1.29, 1.82) is 0 Å². The molecule has 138 valence electrons. The first-order valence-electron chi connectivity index (χ1n) is 9.67. The van der Waals surface area contributed by atoms with Crippen molar-refractivity contribution >= 4 is 16.9 Å². The van der Waals surface area contributed by atoms with Gasteiger partial charge in [-0.05, 0) is 43.0 Å². The number of hydrogen-bond donors (Lipinski definition) is 0. The molecule has 1 amide bonds. The van der Waals surface area contributed by atoms with Gasteiger partial charge in [0.15, 0.2) is 0 Å². The smallest absolute Gasteiger partial charge is 0.254 e. The SMILES string of the molecule is O=C(c1ccncc1)N1C[C@@H]2CC[C@H](C1)N(Cc1cc3ccccc3o1)C2. The van der Waals surface area contributed by atoms with Crippen molar-refractivity contribution in [2.75, 3.05) is 19.6 Å². The molecule has 3 fully saturated rings. The molecule has 2 aromatic heterocycles. The van der Waals surface area contributed by atoms with Gasteiger partial charge in [-0.1, -0.05) is 18.2 Å². The molecule has 5 heterocycles. The van der Waals surface area contributed by atoms with Gasteiger partial charge >= 0.3 is 0 Å². The number of nitrogens with zero attached hydrogens (tertiary/aromatic N) is 3. The van der Waals surface area contributed by atoms with E-state index in [4.69, 9.17) is 4.42 Å². The van der Waals surface area contributed by atoms with E-state index in [9.17, 15) is 4.79 Å². The Kier molecular flexibility index (Phi) is 4.17. The van der Waals surface area contributed by atoms with Crippen molar-refractivity contribution in [3.05, 3.63) is 66.2 Å². The Morgan fingerprint density at radius 3 is 2.78 bits per heavy atom. The van der Waals surface area contributed by atoms with Crippen LogP contribution in [0, 0.1) is 5.92 Å². The highest BCUT2D eigenvalue weighted by Gasteiger charge is 2.36. The molecular formula is C22H23N3O2. The third kappa shape index (κ3) is 3.23. The number of hydrogen-bond acceptors (Lipinski definition) is 4. The molecule has 3 aromatic rings. The predicted molar refractivity (Wildman–Crippen MR) is 103 cm³/mol. The molecule has 3 aliphatic heterocycles. The fraction of sp³-hybridized carbons (Fsp3) is 0.364. The molecule has 0 spiro atoms. The van der Waals surface area contributed by atoms with E-state index >= 15 is 0 Å². The molecule has 3 aliphatic rings. The van der Waals surface area contributed by atoms with E-state index in [-0.39, 0.29) is 5.91 Å².